The fourth-order valence-electron chi connectivity index (χ4n) is 3.39. The van der Waals surface area contributed by atoms with Crippen molar-refractivity contribution in [2.45, 2.75) is 38.5 Å². The molecule has 5 heteroatoms. The van der Waals surface area contributed by atoms with E-state index in [1.165, 1.54) is 5.56 Å². The number of nitrogens with one attached hydrogen (secondary N) is 1. The molecule has 3 N–H and O–H groups in total. The van der Waals surface area contributed by atoms with Gasteiger partial charge in [0, 0.05) is 33.1 Å². The topological polar surface area (TPSA) is 70.7 Å². The Hall–Kier alpha value is -2.04. The van der Waals surface area contributed by atoms with Crippen LogP contribution >= 0.6 is 0 Å². The molecule has 1 amide bonds. The van der Waals surface area contributed by atoms with Crippen LogP contribution in [0.4, 0.5) is 0 Å². The van der Waals surface area contributed by atoms with Crippen LogP contribution in [-0.4, -0.2) is 43.4 Å². The molecule has 1 saturated heterocycles. The molecule has 1 heterocycles. The molecule has 0 saturated carbocycles. The standard InChI is InChI=1S/C19H30N4O/c1-15(17-8-4-3-5-9-17)10-11-22-19(21-2)23-12-6-7-16(14-23)13-18(20)24/h3-5,8-9,15-16H,6-7,10-14H2,1-2H3,(H2,20,24)(H,21,22). The van der Waals surface area contributed by atoms with Crippen LogP contribution in [0.3, 0.4) is 0 Å². The van der Waals surface area contributed by atoms with Gasteiger partial charge < -0.3 is 16.0 Å². The minimum absolute atomic E-state index is 0.207. The number of carbonyl (C=O) groups excluding carboxylic acids is 1. The van der Waals surface area contributed by atoms with Crippen molar-refractivity contribution in [1.82, 2.24) is 10.2 Å². The number of hydrogen-bond acceptors (Lipinski definition) is 2. The Morgan fingerprint density at radius 1 is 1.42 bits per heavy atom. The summed E-state index contributed by atoms with van der Waals surface area (Å²) in [5, 5.41) is 3.47. The summed E-state index contributed by atoms with van der Waals surface area (Å²) in [5.41, 5.74) is 6.71. The van der Waals surface area contributed by atoms with Crippen LogP contribution in [-0.2, 0) is 4.79 Å². The third kappa shape index (κ3) is 5.55. The van der Waals surface area contributed by atoms with E-state index in [1.54, 1.807) is 0 Å². The third-order valence-electron chi connectivity index (χ3n) is 4.75. The molecular formula is C19H30N4O. The van der Waals surface area contributed by atoms with E-state index in [9.17, 15) is 4.79 Å². The average molecular weight is 330 g/mol. The predicted octanol–water partition coefficient (Wildman–Crippen LogP) is 2.34. The number of likely N-dealkylation sites (tertiary alicyclic amines) is 1. The van der Waals surface area contributed by atoms with Gasteiger partial charge in [-0.25, -0.2) is 0 Å². The fraction of sp³-hybridized carbons (Fsp3) is 0.579. The number of aliphatic imine (C=N–C) groups is 1. The van der Waals surface area contributed by atoms with E-state index in [2.05, 4.69) is 52.5 Å². The normalized spacial score (nSPS) is 19.8. The molecule has 2 atom stereocenters. The number of nitrogens with two attached hydrogens (primary N) is 1. The predicted molar refractivity (Wildman–Crippen MR) is 98.9 cm³/mol. The SMILES string of the molecule is CN=C(NCCC(C)c1ccccc1)N1CCCC(CC(N)=O)C1. The number of hydrogen-bond donors (Lipinski definition) is 2. The van der Waals surface area contributed by atoms with Crippen molar-refractivity contribution < 1.29 is 4.79 Å². The van der Waals surface area contributed by atoms with Gasteiger partial charge >= 0.3 is 0 Å². The Morgan fingerprint density at radius 3 is 2.83 bits per heavy atom. The molecule has 0 bridgehead atoms. The second-order valence-corrected chi connectivity index (χ2v) is 6.70. The van der Waals surface area contributed by atoms with Crippen LogP contribution in [0, 0.1) is 5.92 Å². The van der Waals surface area contributed by atoms with Crippen molar-refractivity contribution in [3.05, 3.63) is 35.9 Å². The first-order chi connectivity index (χ1) is 11.6. The summed E-state index contributed by atoms with van der Waals surface area (Å²) in [6.45, 7) is 4.99. The maximum atomic E-state index is 11.2. The number of rotatable bonds is 6. The van der Waals surface area contributed by atoms with E-state index in [0.29, 0.717) is 18.3 Å². The van der Waals surface area contributed by atoms with Gasteiger partial charge in [-0.15, -0.1) is 0 Å². The lowest BCUT2D eigenvalue weighted by Gasteiger charge is -2.34. The van der Waals surface area contributed by atoms with Gasteiger partial charge in [-0.3, -0.25) is 9.79 Å². The number of amides is 1. The lowest BCUT2D eigenvalue weighted by Crippen LogP contribution is -2.47. The molecule has 1 aliphatic rings. The fourth-order valence-corrected chi connectivity index (χ4v) is 3.39. The van der Waals surface area contributed by atoms with Crippen molar-refractivity contribution in [1.29, 1.82) is 0 Å². The van der Waals surface area contributed by atoms with E-state index in [4.69, 9.17) is 5.73 Å². The number of piperidine rings is 1. The van der Waals surface area contributed by atoms with Crippen LogP contribution in [0.2, 0.25) is 0 Å². The Labute approximate surface area is 145 Å². The number of nitrogens with zero attached hydrogens (tertiary/aromatic N) is 2. The molecule has 1 aromatic rings. The number of primary amides is 1. The molecule has 1 fully saturated rings. The Kier molecular flexibility index (Phi) is 7.09. The zero-order valence-corrected chi connectivity index (χ0v) is 14.9. The minimum Gasteiger partial charge on any atom is -0.370 e. The van der Waals surface area contributed by atoms with Crippen LogP contribution in [0.1, 0.15) is 44.1 Å². The van der Waals surface area contributed by atoms with E-state index in [0.717, 1.165) is 44.9 Å². The maximum absolute atomic E-state index is 11.2. The van der Waals surface area contributed by atoms with E-state index in [-0.39, 0.29) is 5.91 Å². The van der Waals surface area contributed by atoms with Crippen molar-refractivity contribution in [3.63, 3.8) is 0 Å². The summed E-state index contributed by atoms with van der Waals surface area (Å²) >= 11 is 0. The zero-order valence-electron chi connectivity index (χ0n) is 14.9. The van der Waals surface area contributed by atoms with E-state index >= 15 is 0 Å². The monoisotopic (exact) mass is 330 g/mol. The van der Waals surface area contributed by atoms with E-state index in [1.807, 2.05) is 7.05 Å². The average Bonchev–Trinajstić information content (AvgIpc) is 2.59. The summed E-state index contributed by atoms with van der Waals surface area (Å²) in [4.78, 5) is 17.8. The largest absolute Gasteiger partial charge is 0.370 e. The first-order valence-corrected chi connectivity index (χ1v) is 8.89. The molecule has 0 aliphatic carbocycles. The third-order valence-corrected chi connectivity index (χ3v) is 4.75. The molecule has 24 heavy (non-hydrogen) atoms. The number of benzene rings is 1. The molecule has 0 aromatic heterocycles. The molecule has 5 nitrogen and oxygen atoms in total. The lowest BCUT2D eigenvalue weighted by atomic mass is 9.95. The van der Waals surface area contributed by atoms with Crippen LogP contribution in [0.25, 0.3) is 0 Å². The summed E-state index contributed by atoms with van der Waals surface area (Å²) in [5.74, 6) is 1.59. The van der Waals surface area contributed by atoms with Crippen molar-refractivity contribution >= 4 is 11.9 Å². The van der Waals surface area contributed by atoms with Gasteiger partial charge in [-0.2, -0.15) is 0 Å². The lowest BCUT2D eigenvalue weighted by molar-refractivity contribution is -0.119. The number of guanidine groups is 1. The highest BCUT2D eigenvalue weighted by molar-refractivity contribution is 5.80. The summed E-state index contributed by atoms with van der Waals surface area (Å²) in [7, 11) is 1.82. The van der Waals surface area contributed by atoms with Gasteiger partial charge in [0.25, 0.3) is 0 Å². The quantitative estimate of drug-likeness (QED) is 0.621. The molecule has 2 rings (SSSR count). The van der Waals surface area contributed by atoms with Gasteiger partial charge in [-0.05, 0) is 36.7 Å². The van der Waals surface area contributed by atoms with Gasteiger partial charge in [0.15, 0.2) is 5.96 Å². The first-order valence-electron chi connectivity index (χ1n) is 8.89. The molecule has 1 aromatic carbocycles. The first kappa shape index (κ1) is 18.3. The molecule has 0 spiro atoms. The van der Waals surface area contributed by atoms with Gasteiger partial charge in [0.1, 0.15) is 0 Å². The van der Waals surface area contributed by atoms with Crippen LogP contribution in [0.15, 0.2) is 35.3 Å². The zero-order chi connectivity index (χ0) is 17.4. The Balaban J connectivity index is 1.80. The highest BCUT2D eigenvalue weighted by Gasteiger charge is 2.23. The smallest absolute Gasteiger partial charge is 0.217 e. The molecular weight excluding hydrogens is 300 g/mol. The summed E-state index contributed by atoms with van der Waals surface area (Å²) in [6, 6.07) is 10.6. The van der Waals surface area contributed by atoms with Gasteiger partial charge in [0.2, 0.25) is 5.91 Å². The van der Waals surface area contributed by atoms with Gasteiger partial charge in [0.05, 0.1) is 0 Å². The molecule has 2 unspecified atom stereocenters. The maximum Gasteiger partial charge on any atom is 0.217 e. The molecule has 132 valence electrons. The minimum atomic E-state index is -0.207. The van der Waals surface area contributed by atoms with Crippen LogP contribution in [0.5, 0.6) is 0 Å². The molecule has 1 aliphatic heterocycles. The number of carbonyl (C=O) groups is 1. The van der Waals surface area contributed by atoms with Gasteiger partial charge in [-0.1, -0.05) is 37.3 Å². The molecule has 0 radical (unpaired) electrons. The Morgan fingerprint density at radius 2 is 2.17 bits per heavy atom. The Bertz CT molecular complexity index is 544. The van der Waals surface area contributed by atoms with Crippen molar-refractivity contribution in [2.24, 2.45) is 16.6 Å². The summed E-state index contributed by atoms with van der Waals surface area (Å²) < 4.78 is 0. The highest BCUT2D eigenvalue weighted by Crippen LogP contribution is 2.20. The van der Waals surface area contributed by atoms with Crippen molar-refractivity contribution in [2.75, 3.05) is 26.7 Å². The highest BCUT2D eigenvalue weighted by atomic mass is 16.1. The van der Waals surface area contributed by atoms with Crippen LogP contribution < -0.4 is 11.1 Å². The van der Waals surface area contributed by atoms with Crippen molar-refractivity contribution in [3.8, 4) is 0 Å². The second kappa shape index (κ2) is 9.30. The summed E-state index contributed by atoms with van der Waals surface area (Å²) in [6.07, 6.45) is 3.68. The second-order valence-electron chi connectivity index (χ2n) is 6.70. The van der Waals surface area contributed by atoms with E-state index < -0.39 is 0 Å².